The molecule has 1 atom stereocenters. The molecule has 0 radical (unpaired) electrons. The summed E-state index contributed by atoms with van der Waals surface area (Å²) in [5.41, 5.74) is 0.817. The highest BCUT2D eigenvalue weighted by molar-refractivity contribution is 9.10. The summed E-state index contributed by atoms with van der Waals surface area (Å²) in [6.07, 6.45) is -4.89. The molecule has 3 nitrogen and oxygen atoms in total. The van der Waals surface area contributed by atoms with Gasteiger partial charge in [-0.1, -0.05) is 22.0 Å². The van der Waals surface area contributed by atoms with E-state index in [0.29, 0.717) is 5.75 Å². The van der Waals surface area contributed by atoms with E-state index in [2.05, 4.69) is 26.1 Å². The van der Waals surface area contributed by atoms with Crippen LogP contribution >= 0.6 is 15.9 Å². The lowest BCUT2D eigenvalue weighted by Crippen LogP contribution is -2.45. The standard InChI is InChI=1S/C15H20BrF3N2O/c1-22-14-10-11(16)2-3-12(14)13(4-5-15(17,18)19)21-8-6-20-7-9-21/h2-3,10,13,20H,4-9H2,1H3/t13-/m1/s1. The maximum absolute atomic E-state index is 12.7. The Morgan fingerprint density at radius 1 is 1.32 bits per heavy atom. The molecule has 22 heavy (non-hydrogen) atoms. The lowest BCUT2D eigenvalue weighted by molar-refractivity contribution is -0.138. The molecule has 0 saturated carbocycles. The van der Waals surface area contributed by atoms with Crippen molar-refractivity contribution < 1.29 is 17.9 Å². The van der Waals surface area contributed by atoms with E-state index >= 15 is 0 Å². The van der Waals surface area contributed by atoms with E-state index in [1.165, 1.54) is 0 Å². The quantitative estimate of drug-likeness (QED) is 0.841. The zero-order valence-electron chi connectivity index (χ0n) is 12.4. The van der Waals surface area contributed by atoms with E-state index in [9.17, 15) is 13.2 Å². The van der Waals surface area contributed by atoms with Crippen molar-refractivity contribution in [1.82, 2.24) is 10.2 Å². The normalized spacial score (nSPS) is 18.2. The number of methoxy groups -OCH3 is 1. The molecule has 7 heteroatoms. The highest BCUT2D eigenvalue weighted by atomic mass is 79.9. The maximum Gasteiger partial charge on any atom is 0.389 e. The van der Waals surface area contributed by atoms with Crippen LogP contribution in [0.25, 0.3) is 0 Å². The number of alkyl halides is 3. The fourth-order valence-electron chi connectivity index (χ4n) is 2.79. The molecule has 1 aliphatic rings. The Hall–Kier alpha value is -0.790. The second-order valence-corrected chi connectivity index (χ2v) is 6.26. The molecule has 1 aromatic carbocycles. The van der Waals surface area contributed by atoms with Crippen LogP contribution < -0.4 is 10.1 Å². The molecule has 2 rings (SSSR count). The Morgan fingerprint density at radius 2 is 2.00 bits per heavy atom. The number of benzene rings is 1. The molecule has 0 bridgehead atoms. The van der Waals surface area contributed by atoms with Gasteiger partial charge in [0.2, 0.25) is 0 Å². The van der Waals surface area contributed by atoms with E-state index in [-0.39, 0.29) is 12.5 Å². The van der Waals surface area contributed by atoms with Crippen molar-refractivity contribution in [2.75, 3.05) is 33.3 Å². The van der Waals surface area contributed by atoms with Gasteiger partial charge in [-0.05, 0) is 18.6 Å². The number of hydrogen-bond acceptors (Lipinski definition) is 3. The second kappa shape index (κ2) is 7.66. The minimum Gasteiger partial charge on any atom is -0.496 e. The predicted molar refractivity (Wildman–Crippen MR) is 83.2 cm³/mol. The number of halogens is 4. The van der Waals surface area contributed by atoms with Crippen LogP contribution in [0.4, 0.5) is 13.2 Å². The molecule has 0 spiro atoms. The van der Waals surface area contributed by atoms with Crippen molar-refractivity contribution >= 4 is 15.9 Å². The molecule has 124 valence electrons. The van der Waals surface area contributed by atoms with Crippen LogP contribution in [0.2, 0.25) is 0 Å². The third-order valence-electron chi connectivity index (χ3n) is 3.85. The summed E-state index contributed by atoms with van der Waals surface area (Å²) in [4.78, 5) is 2.11. The first-order valence-electron chi connectivity index (χ1n) is 7.25. The average molecular weight is 381 g/mol. The third-order valence-corrected chi connectivity index (χ3v) is 4.34. The number of ether oxygens (including phenoxy) is 1. The molecular weight excluding hydrogens is 361 g/mol. The van der Waals surface area contributed by atoms with Gasteiger partial charge in [-0.25, -0.2) is 0 Å². The first-order chi connectivity index (χ1) is 10.4. The van der Waals surface area contributed by atoms with Crippen LogP contribution in [0.3, 0.4) is 0 Å². The Morgan fingerprint density at radius 3 is 2.59 bits per heavy atom. The van der Waals surface area contributed by atoms with Crippen LogP contribution in [0.1, 0.15) is 24.4 Å². The molecular formula is C15H20BrF3N2O. The summed E-state index contributed by atoms with van der Waals surface area (Å²) in [6, 6.07) is 5.22. The number of nitrogens with zero attached hydrogens (tertiary/aromatic N) is 1. The van der Waals surface area contributed by atoms with E-state index in [1.54, 1.807) is 13.2 Å². The zero-order chi connectivity index (χ0) is 16.2. The largest absolute Gasteiger partial charge is 0.496 e. The molecule has 1 fully saturated rings. The third kappa shape index (κ3) is 4.86. The smallest absolute Gasteiger partial charge is 0.389 e. The SMILES string of the molecule is COc1cc(Br)ccc1[C@@H](CCC(F)(F)F)N1CCNCC1. The fourth-order valence-corrected chi connectivity index (χ4v) is 3.13. The average Bonchev–Trinajstić information content (AvgIpc) is 2.48. The Labute approximate surface area is 136 Å². The molecule has 1 aliphatic heterocycles. The fraction of sp³-hybridized carbons (Fsp3) is 0.600. The van der Waals surface area contributed by atoms with Crippen LogP contribution in [-0.4, -0.2) is 44.4 Å². The van der Waals surface area contributed by atoms with Gasteiger partial charge in [-0.2, -0.15) is 13.2 Å². The molecule has 0 aliphatic carbocycles. The predicted octanol–water partition coefficient (Wildman–Crippen LogP) is 3.75. The van der Waals surface area contributed by atoms with Crippen LogP contribution in [0.15, 0.2) is 22.7 Å². The number of rotatable bonds is 5. The summed E-state index contributed by atoms with van der Waals surface area (Å²) in [6.45, 7) is 3.06. The van der Waals surface area contributed by atoms with Crippen molar-refractivity contribution in [3.05, 3.63) is 28.2 Å². The van der Waals surface area contributed by atoms with Gasteiger partial charge in [-0.3, -0.25) is 4.90 Å². The van der Waals surface area contributed by atoms with Crippen molar-refractivity contribution in [3.63, 3.8) is 0 Å². The second-order valence-electron chi connectivity index (χ2n) is 5.34. The maximum atomic E-state index is 12.7. The molecule has 1 aromatic rings. The molecule has 0 amide bonds. The first kappa shape index (κ1) is 17.6. The van der Waals surface area contributed by atoms with E-state index in [0.717, 1.165) is 36.2 Å². The lowest BCUT2D eigenvalue weighted by Gasteiger charge is -2.36. The van der Waals surface area contributed by atoms with Gasteiger partial charge in [0.25, 0.3) is 0 Å². The van der Waals surface area contributed by atoms with Crippen LogP contribution in [0.5, 0.6) is 5.75 Å². The number of nitrogens with one attached hydrogen (secondary N) is 1. The number of piperazine rings is 1. The Kier molecular flexibility index (Phi) is 6.11. The van der Waals surface area contributed by atoms with Gasteiger partial charge >= 0.3 is 6.18 Å². The van der Waals surface area contributed by atoms with Crippen molar-refractivity contribution in [1.29, 1.82) is 0 Å². The van der Waals surface area contributed by atoms with E-state index < -0.39 is 12.6 Å². The van der Waals surface area contributed by atoms with Gasteiger partial charge < -0.3 is 10.1 Å². The van der Waals surface area contributed by atoms with Crippen LogP contribution in [-0.2, 0) is 0 Å². The lowest BCUT2D eigenvalue weighted by atomic mass is 9.98. The molecule has 0 aromatic heterocycles. The van der Waals surface area contributed by atoms with Gasteiger partial charge in [0.05, 0.1) is 7.11 Å². The number of hydrogen-bond donors (Lipinski definition) is 1. The molecule has 1 saturated heterocycles. The minimum atomic E-state index is -4.14. The van der Waals surface area contributed by atoms with E-state index in [1.807, 2.05) is 12.1 Å². The van der Waals surface area contributed by atoms with Crippen LogP contribution in [0, 0.1) is 0 Å². The summed E-state index contributed by atoms with van der Waals surface area (Å²) in [5, 5.41) is 3.23. The molecule has 1 heterocycles. The van der Waals surface area contributed by atoms with E-state index in [4.69, 9.17) is 4.74 Å². The summed E-state index contributed by atoms with van der Waals surface area (Å²) in [7, 11) is 1.55. The summed E-state index contributed by atoms with van der Waals surface area (Å²) >= 11 is 3.37. The minimum absolute atomic E-state index is 0.0431. The molecule has 1 N–H and O–H groups in total. The molecule has 0 unspecified atom stereocenters. The highest BCUT2D eigenvalue weighted by Gasteiger charge is 2.32. The Balaban J connectivity index is 2.26. The van der Waals surface area contributed by atoms with Crippen molar-refractivity contribution in [2.24, 2.45) is 0 Å². The van der Waals surface area contributed by atoms with Crippen molar-refractivity contribution in [2.45, 2.75) is 25.1 Å². The highest BCUT2D eigenvalue weighted by Crippen LogP contribution is 2.37. The van der Waals surface area contributed by atoms with Gasteiger partial charge in [0.15, 0.2) is 0 Å². The van der Waals surface area contributed by atoms with Crippen molar-refractivity contribution in [3.8, 4) is 5.75 Å². The Bertz CT molecular complexity index is 490. The van der Waals surface area contributed by atoms with Gasteiger partial charge in [0, 0.05) is 48.7 Å². The zero-order valence-corrected chi connectivity index (χ0v) is 14.0. The monoisotopic (exact) mass is 380 g/mol. The summed E-state index contributed by atoms with van der Waals surface area (Å²) < 4.78 is 44.3. The van der Waals surface area contributed by atoms with Gasteiger partial charge in [-0.15, -0.1) is 0 Å². The summed E-state index contributed by atoms with van der Waals surface area (Å²) in [5.74, 6) is 0.625. The first-order valence-corrected chi connectivity index (χ1v) is 8.05. The van der Waals surface area contributed by atoms with Gasteiger partial charge in [0.1, 0.15) is 5.75 Å². The topological polar surface area (TPSA) is 24.5 Å².